The normalized spacial score (nSPS) is 12.3. The van der Waals surface area contributed by atoms with E-state index >= 15 is 0 Å². The Morgan fingerprint density at radius 2 is 2.00 bits per heavy atom. The van der Waals surface area contributed by atoms with Gasteiger partial charge in [-0.1, -0.05) is 6.92 Å². The number of halogens is 1. The molecule has 0 spiro atoms. The number of benzene rings is 1. The monoisotopic (exact) mass is 325 g/mol. The van der Waals surface area contributed by atoms with Crippen molar-refractivity contribution in [1.82, 2.24) is 9.97 Å². The van der Waals surface area contributed by atoms with Crippen molar-refractivity contribution >= 4 is 22.7 Å². The highest BCUT2D eigenvalue weighted by Crippen LogP contribution is 2.31. The quantitative estimate of drug-likeness (QED) is 0.744. The minimum Gasteiger partial charge on any atom is -0.550 e. The van der Waals surface area contributed by atoms with E-state index in [1.54, 1.807) is 12.1 Å². The molecule has 2 aromatic heterocycles. The highest BCUT2D eigenvalue weighted by Gasteiger charge is 2.24. The Labute approximate surface area is 137 Å². The number of carboxylic acids is 1. The number of carbonyl (C=O) groups excluding carboxylic acids is 2. The van der Waals surface area contributed by atoms with Crippen LogP contribution in [0, 0.1) is 12.7 Å². The van der Waals surface area contributed by atoms with Crippen molar-refractivity contribution in [2.24, 2.45) is 0 Å². The van der Waals surface area contributed by atoms with Crippen molar-refractivity contribution in [3.63, 3.8) is 0 Å². The molecule has 0 bridgehead atoms. The lowest BCUT2D eigenvalue weighted by Crippen LogP contribution is -2.29. The minimum atomic E-state index is -1.31. The van der Waals surface area contributed by atoms with Gasteiger partial charge in [-0.25, -0.2) is 4.39 Å². The number of ketones is 1. The predicted molar refractivity (Wildman–Crippen MR) is 84.1 cm³/mol. The average molecular weight is 325 g/mol. The summed E-state index contributed by atoms with van der Waals surface area (Å²) in [5.74, 6) is -3.28. The smallest absolute Gasteiger partial charge is 0.227 e. The largest absolute Gasteiger partial charge is 0.550 e. The molecule has 0 aliphatic rings. The van der Waals surface area contributed by atoms with E-state index in [1.165, 1.54) is 31.3 Å². The number of pyridine rings is 1. The van der Waals surface area contributed by atoms with Gasteiger partial charge in [0.15, 0.2) is 0 Å². The summed E-state index contributed by atoms with van der Waals surface area (Å²) >= 11 is 0. The molecule has 24 heavy (non-hydrogen) atoms. The molecule has 0 saturated carbocycles. The third-order valence-corrected chi connectivity index (χ3v) is 3.96. The van der Waals surface area contributed by atoms with Gasteiger partial charge in [0.2, 0.25) is 5.78 Å². The van der Waals surface area contributed by atoms with Crippen LogP contribution in [0.1, 0.15) is 40.2 Å². The number of H-pyrrole nitrogens is 1. The van der Waals surface area contributed by atoms with Crippen molar-refractivity contribution in [1.29, 1.82) is 0 Å². The van der Waals surface area contributed by atoms with E-state index in [0.717, 1.165) is 5.56 Å². The van der Waals surface area contributed by atoms with Crippen molar-refractivity contribution in [2.45, 2.75) is 19.8 Å². The van der Waals surface area contributed by atoms with Gasteiger partial charge in [0, 0.05) is 29.0 Å². The zero-order valence-corrected chi connectivity index (χ0v) is 13.1. The number of rotatable bonds is 4. The topological polar surface area (TPSA) is 85.9 Å². The molecule has 0 aliphatic carbocycles. The number of aromatic nitrogens is 2. The van der Waals surface area contributed by atoms with Crippen molar-refractivity contribution in [2.75, 3.05) is 0 Å². The second kappa shape index (κ2) is 5.88. The fourth-order valence-corrected chi connectivity index (χ4v) is 2.73. The molecule has 1 aromatic carbocycles. The lowest BCUT2D eigenvalue weighted by Gasteiger charge is -2.14. The van der Waals surface area contributed by atoms with Gasteiger partial charge in [-0.3, -0.25) is 9.78 Å². The third kappa shape index (κ3) is 2.67. The number of aromatic amines is 1. The second-order valence-corrected chi connectivity index (χ2v) is 5.69. The number of aryl methyl sites for hydroxylation is 1. The number of nitrogens with zero attached hydrogens (tertiary/aromatic N) is 1. The molecular weight excluding hydrogens is 311 g/mol. The maximum absolute atomic E-state index is 13.5. The number of hydrogen-bond donors (Lipinski definition) is 1. The summed E-state index contributed by atoms with van der Waals surface area (Å²) in [5, 5.41) is 11.8. The zero-order valence-electron chi connectivity index (χ0n) is 13.1. The first-order chi connectivity index (χ1) is 11.4. The van der Waals surface area contributed by atoms with Crippen LogP contribution in [0.2, 0.25) is 0 Å². The molecule has 0 aliphatic heterocycles. The molecule has 3 rings (SSSR count). The van der Waals surface area contributed by atoms with E-state index in [4.69, 9.17) is 0 Å². The fourth-order valence-electron chi connectivity index (χ4n) is 2.73. The Bertz CT molecular complexity index is 962. The van der Waals surface area contributed by atoms with Crippen LogP contribution in [0.25, 0.3) is 10.9 Å². The fraction of sp³-hybridized carbons (Fsp3) is 0.167. The first-order valence-electron chi connectivity index (χ1n) is 7.38. The lowest BCUT2D eigenvalue weighted by atomic mass is 9.95. The number of aliphatic carboxylic acids is 1. The number of nitrogens with one attached hydrogen (secondary N) is 1. The van der Waals surface area contributed by atoms with Crippen LogP contribution >= 0.6 is 0 Å². The summed E-state index contributed by atoms with van der Waals surface area (Å²) in [4.78, 5) is 31.0. The van der Waals surface area contributed by atoms with Gasteiger partial charge in [0.25, 0.3) is 0 Å². The Hall–Kier alpha value is -3.02. The van der Waals surface area contributed by atoms with Crippen LogP contribution < -0.4 is 5.11 Å². The van der Waals surface area contributed by atoms with Crippen LogP contribution in [0.4, 0.5) is 4.39 Å². The molecule has 0 saturated heterocycles. The summed E-state index contributed by atoms with van der Waals surface area (Å²) in [5.41, 5.74) is 1.76. The van der Waals surface area contributed by atoms with E-state index in [0.29, 0.717) is 10.9 Å². The molecule has 0 radical (unpaired) electrons. The predicted octanol–water partition coefficient (Wildman–Crippen LogP) is 2.09. The molecule has 6 heteroatoms. The Balaban J connectivity index is 2.24. The molecule has 2 heterocycles. The summed E-state index contributed by atoms with van der Waals surface area (Å²) in [7, 11) is 0. The number of fused-ring (bicyclic) bond motifs is 1. The van der Waals surface area contributed by atoms with E-state index < -0.39 is 23.5 Å². The number of hydrogen-bond acceptors (Lipinski definition) is 4. The minimum absolute atomic E-state index is 0.0883. The van der Waals surface area contributed by atoms with Crippen molar-refractivity contribution in [3.8, 4) is 0 Å². The van der Waals surface area contributed by atoms with Crippen LogP contribution in [0.3, 0.4) is 0 Å². The Morgan fingerprint density at radius 1 is 1.25 bits per heavy atom. The van der Waals surface area contributed by atoms with Gasteiger partial charge >= 0.3 is 0 Å². The summed E-state index contributed by atoms with van der Waals surface area (Å²) in [6.45, 7) is 3.26. The SMILES string of the molecule is Cc1ccnc(C(=O)c2[nH]c3cc(F)ccc3c2C(C)C(=O)[O-])c1. The molecular formula is C18H14FN2O3-. The molecule has 0 amide bonds. The third-order valence-electron chi connectivity index (χ3n) is 3.96. The Morgan fingerprint density at radius 3 is 2.67 bits per heavy atom. The first-order valence-corrected chi connectivity index (χ1v) is 7.38. The van der Waals surface area contributed by atoms with Crippen LogP contribution in [-0.2, 0) is 4.79 Å². The molecule has 0 fully saturated rings. The average Bonchev–Trinajstić information content (AvgIpc) is 2.91. The Kier molecular flexibility index (Phi) is 3.89. The number of carboxylic acid groups (broad SMARTS) is 1. The summed E-state index contributed by atoms with van der Waals surface area (Å²) in [6.07, 6.45) is 1.51. The summed E-state index contributed by atoms with van der Waals surface area (Å²) < 4.78 is 13.5. The lowest BCUT2D eigenvalue weighted by molar-refractivity contribution is -0.307. The standard InChI is InChI=1S/C18H15FN2O3/c1-9-5-6-20-14(7-9)17(22)16-15(10(2)18(23)24)12-4-3-11(19)8-13(12)21-16/h3-8,10,21H,1-2H3,(H,23,24)/p-1. The van der Waals surface area contributed by atoms with Crippen molar-refractivity contribution in [3.05, 3.63) is 64.9 Å². The van der Waals surface area contributed by atoms with Gasteiger partial charge in [0.05, 0.1) is 5.69 Å². The first kappa shape index (κ1) is 15.9. The van der Waals surface area contributed by atoms with Crippen molar-refractivity contribution < 1.29 is 19.1 Å². The van der Waals surface area contributed by atoms with Gasteiger partial charge in [-0.05, 0) is 48.4 Å². The number of carbonyl (C=O) groups is 2. The van der Waals surface area contributed by atoms with Gasteiger partial charge in [-0.2, -0.15) is 0 Å². The van der Waals surface area contributed by atoms with Crippen LogP contribution in [-0.4, -0.2) is 21.7 Å². The molecule has 3 aromatic rings. The maximum atomic E-state index is 13.5. The van der Waals surface area contributed by atoms with Gasteiger partial charge in [-0.15, -0.1) is 0 Å². The highest BCUT2D eigenvalue weighted by atomic mass is 19.1. The molecule has 1 N–H and O–H groups in total. The van der Waals surface area contributed by atoms with E-state index in [-0.39, 0.29) is 17.0 Å². The summed E-state index contributed by atoms with van der Waals surface area (Å²) in [6, 6.07) is 7.27. The zero-order chi connectivity index (χ0) is 17.4. The highest BCUT2D eigenvalue weighted by molar-refractivity contribution is 6.12. The van der Waals surface area contributed by atoms with Gasteiger partial charge < -0.3 is 14.9 Å². The van der Waals surface area contributed by atoms with Crippen LogP contribution in [0.5, 0.6) is 0 Å². The molecule has 1 atom stereocenters. The van der Waals surface area contributed by atoms with E-state index in [9.17, 15) is 19.1 Å². The molecule has 5 nitrogen and oxygen atoms in total. The molecule has 1 unspecified atom stereocenters. The van der Waals surface area contributed by atoms with E-state index in [2.05, 4.69) is 9.97 Å². The van der Waals surface area contributed by atoms with E-state index in [1.807, 2.05) is 6.92 Å². The van der Waals surface area contributed by atoms with Crippen LogP contribution in [0.15, 0.2) is 36.5 Å². The second-order valence-electron chi connectivity index (χ2n) is 5.69. The molecule has 122 valence electrons. The van der Waals surface area contributed by atoms with Gasteiger partial charge in [0.1, 0.15) is 11.5 Å². The maximum Gasteiger partial charge on any atom is 0.227 e.